The van der Waals surface area contributed by atoms with Crippen molar-refractivity contribution in [3.8, 4) is 22.4 Å². The van der Waals surface area contributed by atoms with Crippen LogP contribution >= 0.6 is 0 Å². The SMILES string of the molecule is Cc1cccc(-c2noc(N(S(C)(=O)=O)S(C)(=O)=O)c2-c2ccc3c(c2)n(C)c(=O)n3C(C)C)c1. The van der Waals surface area contributed by atoms with E-state index in [0.29, 0.717) is 22.2 Å². The first kappa shape index (κ1) is 24.7. The first-order valence-corrected chi connectivity index (χ1v) is 14.4. The van der Waals surface area contributed by atoms with Crippen molar-refractivity contribution in [1.29, 1.82) is 0 Å². The molecule has 4 aromatic rings. The van der Waals surface area contributed by atoms with Crippen molar-refractivity contribution >= 4 is 37.0 Å². The van der Waals surface area contributed by atoms with Gasteiger partial charge in [0.1, 0.15) is 5.69 Å². The van der Waals surface area contributed by atoms with Crippen LogP contribution < -0.4 is 9.40 Å². The van der Waals surface area contributed by atoms with E-state index in [1.165, 1.54) is 4.57 Å². The smallest absolute Gasteiger partial charge is 0.329 e. The highest BCUT2D eigenvalue weighted by Gasteiger charge is 2.36. The lowest BCUT2D eigenvalue weighted by molar-refractivity contribution is 0.433. The van der Waals surface area contributed by atoms with E-state index < -0.39 is 25.9 Å². The van der Waals surface area contributed by atoms with Crippen molar-refractivity contribution in [2.24, 2.45) is 7.05 Å². The molecule has 0 atom stereocenters. The van der Waals surface area contributed by atoms with Crippen LogP contribution in [0.25, 0.3) is 33.4 Å². The largest absolute Gasteiger partial charge is 0.335 e. The number of hydrogen-bond acceptors (Lipinski definition) is 7. The van der Waals surface area contributed by atoms with Crippen LogP contribution in [0.15, 0.2) is 51.8 Å². The van der Waals surface area contributed by atoms with Crippen molar-refractivity contribution < 1.29 is 21.4 Å². The van der Waals surface area contributed by atoms with Gasteiger partial charge in [0.2, 0.25) is 20.0 Å². The number of sulfonamides is 2. The molecule has 10 nitrogen and oxygen atoms in total. The van der Waals surface area contributed by atoms with Crippen molar-refractivity contribution in [2.45, 2.75) is 26.8 Å². The first-order chi connectivity index (χ1) is 16.2. The van der Waals surface area contributed by atoms with E-state index in [1.54, 1.807) is 35.9 Å². The van der Waals surface area contributed by atoms with Crippen LogP contribution in [-0.2, 0) is 27.1 Å². The second-order valence-corrected chi connectivity index (χ2v) is 12.7. The molecule has 2 aromatic heterocycles. The number of aromatic nitrogens is 3. The lowest BCUT2D eigenvalue weighted by Gasteiger charge is -2.18. The molecule has 0 saturated carbocycles. The van der Waals surface area contributed by atoms with E-state index in [9.17, 15) is 21.6 Å². The molecule has 2 aromatic carbocycles. The Hall–Kier alpha value is -3.38. The van der Waals surface area contributed by atoms with E-state index in [1.807, 2.05) is 39.0 Å². The van der Waals surface area contributed by atoms with Crippen LogP contribution in [0.2, 0.25) is 0 Å². The van der Waals surface area contributed by atoms with Gasteiger partial charge in [-0.05, 0) is 44.5 Å². The molecule has 12 heteroatoms. The number of hydrogen-bond donors (Lipinski definition) is 0. The molecule has 4 rings (SSSR count). The van der Waals surface area contributed by atoms with Crippen molar-refractivity contribution in [3.63, 3.8) is 0 Å². The van der Waals surface area contributed by atoms with Gasteiger partial charge >= 0.3 is 5.69 Å². The fourth-order valence-corrected chi connectivity index (χ4v) is 7.04. The molecular formula is C23H26N4O6S2. The summed E-state index contributed by atoms with van der Waals surface area (Å²) in [5.41, 5.74) is 3.51. The molecule has 0 fully saturated rings. The lowest BCUT2D eigenvalue weighted by Crippen LogP contribution is -2.35. The molecule has 0 aliphatic carbocycles. The van der Waals surface area contributed by atoms with Crippen molar-refractivity contribution in [1.82, 2.24) is 14.3 Å². The van der Waals surface area contributed by atoms with E-state index in [2.05, 4.69) is 5.16 Å². The molecule has 0 aliphatic rings. The molecule has 0 N–H and O–H groups in total. The summed E-state index contributed by atoms with van der Waals surface area (Å²) in [5, 5.41) is 4.09. The molecular weight excluding hydrogens is 492 g/mol. The summed E-state index contributed by atoms with van der Waals surface area (Å²) in [6, 6.07) is 12.4. The number of benzene rings is 2. The zero-order valence-electron chi connectivity index (χ0n) is 20.2. The Balaban J connectivity index is 2.11. The average molecular weight is 519 g/mol. The zero-order valence-corrected chi connectivity index (χ0v) is 21.8. The molecule has 2 heterocycles. The minimum Gasteiger partial charge on any atom is -0.335 e. The van der Waals surface area contributed by atoms with E-state index in [4.69, 9.17) is 4.52 Å². The molecule has 0 bridgehead atoms. The number of anilines is 1. The standard InChI is InChI=1S/C23H26N4O6S2/c1-14(2)26-18-11-10-16(13-19(18)25(4)23(26)28)20-21(17-9-7-8-15(3)12-17)24-33-22(20)27(34(5,29)30)35(6,31)32/h7-14H,1-6H3. The summed E-state index contributed by atoms with van der Waals surface area (Å²) >= 11 is 0. The van der Waals surface area contributed by atoms with Crippen molar-refractivity contribution in [3.05, 3.63) is 58.5 Å². The summed E-state index contributed by atoms with van der Waals surface area (Å²) in [5.74, 6) is -0.445. The third kappa shape index (κ3) is 4.27. The van der Waals surface area contributed by atoms with Gasteiger partial charge in [-0.1, -0.05) is 35.0 Å². The second-order valence-electron chi connectivity index (χ2n) is 8.81. The maximum atomic E-state index is 12.8. The second kappa shape index (κ2) is 8.38. The highest BCUT2D eigenvalue weighted by molar-refractivity contribution is 8.09. The molecule has 186 valence electrons. The monoisotopic (exact) mass is 518 g/mol. The van der Waals surface area contributed by atoms with Gasteiger partial charge in [0.15, 0.2) is 0 Å². The quantitative estimate of drug-likeness (QED) is 0.384. The lowest BCUT2D eigenvalue weighted by atomic mass is 9.99. The first-order valence-electron chi connectivity index (χ1n) is 10.7. The van der Waals surface area contributed by atoms with Crippen LogP contribution in [0.3, 0.4) is 0 Å². The Morgan fingerprint density at radius 2 is 1.60 bits per heavy atom. The Bertz CT molecular complexity index is 1700. The van der Waals surface area contributed by atoms with Gasteiger partial charge in [0.05, 0.1) is 29.1 Å². The third-order valence-corrected chi connectivity index (χ3v) is 8.79. The minimum atomic E-state index is -4.30. The Kier molecular flexibility index (Phi) is 5.92. The summed E-state index contributed by atoms with van der Waals surface area (Å²) in [6.45, 7) is 5.69. The van der Waals surface area contributed by atoms with Gasteiger partial charge in [-0.25, -0.2) is 21.6 Å². The molecule has 35 heavy (non-hydrogen) atoms. The van der Waals surface area contributed by atoms with Gasteiger partial charge in [0.25, 0.3) is 5.88 Å². The molecule has 0 amide bonds. The summed E-state index contributed by atoms with van der Waals surface area (Å²) < 4.78 is 59.0. The van der Waals surface area contributed by atoms with Crippen LogP contribution in [0.1, 0.15) is 25.5 Å². The number of rotatable bonds is 6. The fraction of sp³-hybridized carbons (Fsp3) is 0.304. The summed E-state index contributed by atoms with van der Waals surface area (Å²) in [4.78, 5) is 12.8. The Morgan fingerprint density at radius 1 is 0.943 bits per heavy atom. The zero-order chi connectivity index (χ0) is 25.9. The van der Waals surface area contributed by atoms with Gasteiger partial charge in [-0.3, -0.25) is 9.13 Å². The van der Waals surface area contributed by atoms with E-state index in [0.717, 1.165) is 18.1 Å². The Morgan fingerprint density at radius 3 is 2.17 bits per heavy atom. The highest BCUT2D eigenvalue weighted by Crippen LogP contribution is 2.42. The number of aryl methyl sites for hydroxylation is 2. The third-order valence-electron chi connectivity index (χ3n) is 5.63. The summed E-state index contributed by atoms with van der Waals surface area (Å²) in [7, 11) is -6.95. The normalized spacial score (nSPS) is 12.5. The van der Waals surface area contributed by atoms with Gasteiger partial charge in [-0.2, -0.15) is 0 Å². The minimum absolute atomic E-state index is 0.0861. The maximum absolute atomic E-state index is 12.8. The molecule has 0 radical (unpaired) electrons. The number of fused-ring (bicyclic) bond motifs is 1. The molecule has 0 unspecified atom stereocenters. The maximum Gasteiger partial charge on any atom is 0.329 e. The summed E-state index contributed by atoms with van der Waals surface area (Å²) in [6.07, 6.45) is 1.56. The van der Waals surface area contributed by atoms with Gasteiger partial charge in [0, 0.05) is 18.7 Å². The predicted octanol–water partition coefficient (Wildman–Crippen LogP) is 3.28. The fourth-order valence-electron chi connectivity index (χ4n) is 4.22. The van der Waals surface area contributed by atoms with Crippen LogP contribution in [0.5, 0.6) is 0 Å². The number of nitrogens with zero attached hydrogens (tertiary/aromatic N) is 4. The van der Waals surface area contributed by atoms with Crippen LogP contribution in [0, 0.1) is 6.92 Å². The average Bonchev–Trinajstić information content (AvgIpc) is 3.25. The number of imidazole rings is 1. The topological polar surface area (TPSA) is 124 Å². The van der Waals surface area contributed by atoms with E-state index >= 15 is 0 Å². The van der Waals surface area contributed by atoms with Crippen LogP contribution in [0.4, 0.5) is 5.88 Å². The molecule has 0 aliphatic heterocycles. The van der Waals surface area contributed by atoms with Crippen LogP contribution in [-0.4, -0.2) is 43.6 Å². The molecule has 0 saturated heterocycles. The Labute approximate surface area is 203 Å². The predicted molar refractivity (Wildman–Crippen MR) is 135 cm³/mol. The van der Waals surface area contributed by atoms with Gasteiger partial charge < -0.3 is 4.52 Å². The highest BCUT2D eigenvalue weighted by atomic mass is 32.3. The van der Waals surface area contributed by atoms with E-state index in [-0.39, 0.29) is 26.7 Å². The van der Waals surface area contributed by atoms with Gasteiger partial charge in [-0.15, -0.1) is 3.71 Å². The molecule has 0 spiro atoms. The van der Waals surface area contributed by atoms with Crippen molar-refractivity contribution in [2.75, 3.05) is 16.2 Å².